The molecule has 2 aromatic rings. The Labute approximate surface area is 76.4 Å². The minimum absolute atomic E-state index is 0.392. The zero-order chi connectivity index (χ0) is 8.55. The molecule has 0 atom stereocenters. The van der Waals surface area contributed by atoms with E-state index in [4.69, 9.17) is 0 Å². The van der Waals surface area contributed by atoms with Gasteiger partial charge in [0.2, 0.25) is 0 Å². The lowest BCUT2D eigenvalue weighted by Gasteiger charge is -1.90. The van der Waals surface area contributed by atoms with E-state index in [1.54, 1.807) is 23.0 Å². The lowest BCUT2D eigenvalue weighted by Crippen LogP contribution is -1.85. The van der Waals surface area contributed by atoms with Crippen LogP contribution in [0.4, 0.5) is 0 Å². The molecule has 0 aliphatic carbocycles. The summed E-state index contributed by atoms with van der Waals surface area (Å²) in [6.45, 7) is 0. The van der Waals surface area contributed by atoms with Gasteiger partial charge >= 0.3 is 0 Å². The number of imidazole rings is 1. The molecule has 0 unspecified atom stereocenters. The highest BCUT2D eigenvalue weighted by atomic mass is 79.9. The van der Waals surface area contributed by atoms with Crippen LogP contribution in [0.2, 0.25) is 0 Å². The second-order valence-electron chi connectivity index (χ2n) is 2.21. The molecule has 12 heavy (non-hydrogen) atoms. The third-order valence-corrected chi connectivity index (χ3v) is 2.30. The fraction of sp³-hybridized carbons (Fsp3) is 0. The quantitative estimate of drug-likeness (QED) is 0.688. The fourth-order valence-electron chi connectivity index (χ4n) is 0.965. The molecule has 0 spiro atoms. The maximum Gasteiger partial charge on any atom is 0.171 e. The molecule has 0 aromatic carbocycles. The monoisotopic (exact) mass is 225 g/mol. The van der Waals surface area contributed by atoms with E-state index in [1.807, 2.05) is 0 Å². The van der Waals surface area contributed by atoms with Crippen LogP contribution in [-0.2, 0) is 0 Å². The van der Waals surface area contributed by atoms with Crippen molar-refractivity contribution in [2.75, 3.05) is 0 Å². The van der Waals surface area contributed by atoms with Crippen molar-refractivity contribution in [3.63, 3.8) is 0 Å². The van der Waals surface area contributed by atoms with Gasteiger partial charge in [-0.3, -0.25) is 9.20 Å². The predicted octanol–water partition coefficient (Wildman–Crippen LogP) is 1.30. The predicted molar refractivity (Wildman–Crippen MR) is 46.1 cm³/mol. The third-order valence-electron chi connectivity index (χ3n) is 1.51. The highest BCUT2D eigenvalue weighted by molar-refractivity contribution is 9.10. The molecule has 0 N–H and O–H groups in total. The Hall–Kier alpha value is -1.23. The van der Waals surface area contributed by atoms with E-state index in [-0.39, 0.29) is 0 Å². The number of halogens is 1. The highest BCUT2D eigenvalue weighted by Crippen LogP contribution is 2.15. The molecule has 4 nitrogen and oxygen atoms in total. The van der Waals surface area contributed by atoms with Crippen LogP contribution in [0.1, 0.15) is 10.5 Å². The molecule has 0 aliphatic rings. The van der Waals surface area contributed by atoms with Crippen LogP contribution in [0.3, 0.4) is 0 Å². The summed E-state index contributed by atoms with van der Waals surface area (Å²) in [5, 5.41) is 0. The summed E-state index contributed by atoms with van der Waals surface area (Å²) in [7, 11) is 0. The zero-order valence-corrected chi connectivity index (χ0v) is 7.52. The summed E-state index contributed by atoms with van der Waals surface area (Å²) in [5.74, 6) is 0. The second-order valence-corrected chi connectivity index (χ2v) is 2.97. The first-order chi connectivity index (χ1) is 5.83. The van der Waals surface area contributed by atoms with Crippen LogP contribution in [0.25, 0.3) is 5.65 Å². The standard InChI is InChI=1S/C7H4BrN3O/c8-7-5(3-12)10-6-1-2-9-4-11(6)7/h1-4H. The number of nitrogens with zero attached hydrogens (tertiary/aromatic N) is 3. The van der Waals surface area contributed by atoms with E-state index < -0.39 is 0 Å². The molecule has 60 valence electrons. The summed E-state index contributed by atoms with van der Waals surface area (Å²) < 4.78 is 2.34. The van der Waals surface area contributed by atoms with Crippen molar-refractivity contribution < 1.29 is 4.79 Å². The zero-order valence-electron chi connectivity index (χ0n) is 5.94. The number of rotatable bonds is 1. The number of aromatic nitrogens is 3. The van der Waals surface area contributed by atoms with Gasteiger partial charge in [0.25, 0.3) is 0 Å². The maximum atomic E-state index is 10.5. The van der Waals surface area contributed by atoms with Crippen molar-refractivity contribution >= 4 is 27.9 Å². The topological polar surface area (TPSA) is 47.3 Å². The summed E-state index contributed by atoms with van der Waals surface area (Å²) in [6.07, 6.45) is 3.93. The van der Waals surface area contributed by atoms with Gasteiger partial charge in [0.1, 0.15) is 22.3 Å². The van der Waals surface area contributed by atoms with Gasteiger partial charge in [0, 0.05) is 6.20 Å². The molecular formula is C7H4BrN3O. The van der Waals surface area contributed by atoms with Crippen LogP contribution in [0.5, 0.6) is 0 Å². The highest BCUT2D eigenvalue weighted by Gasteiger charge is 2.06. The summed E-state index contributed by atoms with van der Waals surface area (Å²) in [4.78, 5) is 18.4. The molecule has 2 rings (SSSR count). The Balaban J connectivity index is 2.87. The minimum Gasteiger partial charge on any atom is -0.296 e. The van der Waals surface area contributed by atoms with Crippen LogP contribution >= 0.6 is 15.9 Å². The van der Waals surface area contributed by atoms with Crippen molar-refractivity contribution in [1.29, 1.82) is 0 Å². The van der Waals surface area contributed by atoms with Gasteiger partial charge in [0.05, 0.1) is 0 Å². The molecule has 0 saturated heterocycles. The fourth-order valence-corrected chi connectivity index (χ4v) is 1.42. The third kappa shape index (κ3) is 0.937. The van der Waals surface area contributed by atoms with Crippen LogP contribution < -0.4 is 0 Å². The molecule has 2 aromatic heterocycles. The van der Waals surface area contributed by atoms with Crippen LogP contribution in [-0.4, -0.2) is 20.7 Å². The lowest BCUT2D eigenvalue weighted by molar-refractivity contribution is 0.111. The van der Waals surface area contributed by atoms with Crippen LogP contribution in [0.15, 0.2) is 23.2 Å². The number of hydrogen-bond acceptors (Lipinski definition) is 3. The lowest BCUT2D eigenvalue weighted by atomic mass is 10.5. The van der Waals surface area contributed by atoms with Gasteiger partial charge in [-0.2, -0.15) is 0 Å². The number of carbonyl (C=O) groups excluding carboxylic acids is 1. The average molecular weight is 226 g/mol. The second kappa shape index (κ2) is 2.67. The first-order valence-corrected chi connectivity index (χ1v) is 4.05. The molecule has 2 heterocycles. The van der Waals surface area contributed by atoms with E-state index in [2.05, 4.69) is 25.9 Å². The average Bonchev–Trinajstić information content (AvgIpc) is 2.44. The number of fused-ring (bicyclic) bond motifs is 1. The normalized spacial score (nSPS) is 10.4. The Morgan fingerprint density at radius 1 is 1.58 bits per heavy atom. The van der Waals surface area contributed by atoms with E-state index in [1.165, 1.54) is 0 Å². The summed E-state index contributed by atoms with van der Waals surface area (Å²) in [5.41, 5.74) is 1.10. The molecule has 0 saturated carbocycles. The Morgan fingerprint density at radius 3 is 3.08 bits per heavy atom. The Bertz CT molecular complexity index is 437. The first-order valence-electron chi connectivity index (χ1n) is 3.25. The van der Waals surface area contributed by atoms with Gasteiger partial charge in [-0.1, -0.05) is 0 Å². The SMILES string of the molecule is O=Cc1nc2ccncn2c1Br. The van der Waals surface area contributed by atoms with E-state index >= 15 is 0 Å². The molecular weight excluding hydrogens is 222 g/mol. The Morgan fingerprint density at radius 2 is 2.42 bits per heavy atom. The number of aldehydes is 1. The molecule has 5 heteroatoms. The molecule has 0 aliphatic heterocycles. The first kappa shape index (κ1) is 7.42. The van der Waals surface area contributed by atoms with Crippen molar-refractivity contribution in [3.8, 4) is 0 Å². The van der Waals surface area contributed by atoms with E-state index in [9.17, 15) is 4.79 Å². The summed E-state index contributed by atoms with van der Waals surface area (Å²) in [6, 6.07) is 1.73. The van der Waals surface area contributed by atoms with Gasteiger partial charge < -0.3 is 0 Å². The molecule has 0 fully saturated rings. The molecule has 0 amide bonds. The van der Waals surface area contributed by atoms with Crippen molar-refractivity contribution in [2.45, 2.75) is 0 Å². The van der Waals surface area contributed by atoms with Gasteiger partial charge in [-0.25, -0.2) is 9.97 Å². The smallest absolute Gasteiger partial charge is 0.171 e. The van der Waals surface area contributed by atoms with Gasteiger partial charge in [0.15, 0.2) is 6.29 Å². The number of hydrogen-bond donors (Lipinski definition) is 0. The molecule has 0 radical (unpaired) electrons. The summed E-state index contributed by atoms with van der Waals surface area (Å²) >= 11 is 3.24. The van der Waals surface area contributed by atoms with E-state index in [0.29, 0.717) is 22.2 Å². The number of carbonyl (C=O) groups is 1. The van der Waals surface area contributed by atoms with Crippen molar-refractivity contribution in [3.05, 3.63) is 28.9 Å². The molecule has 0 bridgehead atoms. The van der Waals surface area contributed by atoms with Gasteiger partial charge in [-0.05, 0) is 22.0 Å². The van der Waals surface area contributed by atoms with Crippen molar-refractivity contribution in [1.82, 2.24) is 14.4 Å². The minimum atomic E-state index is 0.392. The Kier molecular flexibility index (Phi) is 1.65. The van der Waals surface area contributed by atoms with Crippen LogP contribution in [0, 0.1) is 0 Å². The van der Waals surface area contributed by atoms with E-state index in [0.717, 1.165) is 0 Å². The largest absolute Gasteiger partial charge is 0.296 e. The maximum absolute atomic E-state index is 10.5. The van der Waals surface area contributed by atoms with Crippen molar-refractivity contribution in [2.24, 2.45) is 0 Å². The van der Waals surface area contributed by atoms with Gasteiger partial charge in [-0.15, -0.1) is 0 Å².